The van der Waals surface area contributed by atoms with Gasteiger partial charge in [-0.05, 0) is 42.7 Å². The van der Waals surface area contributed by atoms with Gasteiger partial charge >= 0.3 is 11.8 Å². The average molecular weight is 367 g/mol. The summed E-state index contributed by atoms with van der Waals surface area (Å²) < 4.78 is 5.10. The predicted molar refractivity (Wildman–Crippen MR) is 100 cm³/mol. The molecule has 3 amide bonds. The van der Waals surface area contributed by atoms with Crippen molar-refractivity contribution in [1.29, 1.82) is 0 Å². The van der Waals surface area contributed by atoms with Gasteiger partial charge in [-0.25, -0.2) is 0 Å². The zero-order valence-corrected chi connectivity index (χ0v) is 15.0. The van der Waals surface area contributed by atoms with Crippen molar-refractivity contribution in [3.8, 4) is 5.75 Å². The van der Waals surface area contributed by atoms with Crippen molar-refractivity contribution >= 4 is 23.4 Å². The van der Waals surface area contributed by atoms with Gasteiger partial charge in [-0.2, -0.15) is 0 Å². The first-order chi connectivity index (χ1) is 13.1. The van der Waals surface area contributed by atoms with Crippen molar-refractivity contribution < 1.29 is 19.1 Å². The molecule has 0 bridgehead atoms. The first kappa shape index (κ1) is 18.4. The molecule has 2 aromatic rings. The van der Waals surface area contributed by atoms with E-state index < -0.39 is 11.8 Å². The number of carbonyl (C=O) groups is 3. The Hall–Kier alpha value is -3.35. The van der Waals surface area contributed by atoms with E-state index in [9.17, 15) is 14.4 Å². The number of hydrogen-bond acceptors (Lipinski definition) is 4. The normalized spacial score (nSPS) is 12.8. The number of amides is 3. The van der Waals surface area contributed by atoms with E-state index in [0.29, 0.717) is 17.8 Å². The molecule has 0 spiro atoms. The Kier molecular flexibility index (Phi) is 5.71. The molecule has 0 saturated heterocycles. The standard InChI is InChI=1S/C20H21N3O4/c1-27-15-10-6-13(7-11-15)12-21-18(24)16-4-2-3-5-17(16)23-20(26)19(25)22-14-8-9-14/h2-7,10-11,14H,8-9,12H2,1H3,(H,21,24)(H,22,25)(H,23,26). The Balaban J connectivity index is 1.62. The molecule has 0 radical (unpaired) electrons. The zero-order valence-electron chi connectivity index (χ0n) is 15.0. The quantitative estimate of drug-likeness (QED) is 0.679. The summed E-state index contributed by atoms with van der Waals surface area (Å²) in [5.41, 5.74) is 1.49. The van der Waals surface area contributed by atoms with Crippen molar-refractivity contribution in [3.63, 3.8) is 0 Å². The van der Waals surface area contributed by atoms with Crippen LogP contribution in [-0.2, 0) is 16.1 Å². The lowest BCUT2D eigenvalue weighted by molar-refractivity contribution is -0.136. The van der Waals surface area contributed by atoms with Gasteiger partial charge in [0.1, 0.15) is 5.75 Å². The van der Waals surface area contributed by atoms with E-state index in [1.54, 1.807) is 31.4 Å². The second-order valence-electron chi connectivity index (χ2n) is 6.28. The molecule has 1 saturated carbocycles. The monoisotopic (exact) mass is 367 g/mol. The maximum atomic E-state index is 12.5. The van der Waals surface area contributed by atoms with Crippen molar-refractivity contribution in [2.45, 2.75) is 25.4 Å². The third kappa shape index (κ3) is 5.07. The number of para-hydroxylation sites is 1. The van der Waals surface area contributed by atoms with Crippen molar-refractivity contribution in [2.24, 2.45) is 0 Å². The summed E-state index contributed by atoms with van der Waals surface area (Å²) >= 11 is 0. The first-order valence-corrected chi connectivity index (χ1v) is 8.69. The Bertz CT molecular complexity index is 845. The van der Waals surface area contributed by atoms with Crippen molar-refractivity contribution in [3.05, 3.63) is 59.7 Å². The molecular weight excluding hydrogens is 346 g/mol. The van der Waals surface area contributed by atoms with Gasteiger partial charge in [-0.3, -0.25) is 14.4 Å². The number of carbonyl (C=O) groups excluding carboxylic acids is 3. The molecule has 0 aliphatic heterocycles. The second kappa shape index (κ2) is 8.35. The highest BCUT2D eigenvalue weighted by atomic mass is 16.5. The molecule has 0 heterocycles. The van der Waals surface area contributed by atoms with E-state index >= 15 is 0 Å². The highest BCUT2D eigenvalue weighted by Gasteiger charge is 2.26. The van der Waals surface area contributed by atoms with Gasteiger partial charge < -0.3 is 20.7 Å². The Morgan fingerprint density at radius 2 is 1.70 bits per heavy atom. The summed E-state index contributed by atoms with van der Waals surface area (Å²) in [6, 6.07) is 14.0. The smallest absolute Gasteiger partial charge is 0.313 e. The van der Waals surface area contributed by atoms with E-state index in [4.69, 9.17) is 4.74 Å². The van der Waals surface area contributed by atoms with Crippen LogP contribution >= 0.6 is 0 Å². The minimum atomic E-state index is -0.780. The van der Waals surface area contributed by atoms with Gasteiger partial charge in [0.05, 0.1) is 18.4 Å². The number of methoxy groups -OCH3 is 1. The summed E-state index contributed by atoms with van der Waals surface area (Å²) in [4.78, 5) is 36.3. The fourth-order valence-corrected chi connectivity index (χ4v) is 2.47. The van der Waals surface area contributed by atoms with E-state index in [1.165, 1.54) is 0 Å². The van der Waals surface area contributed by atoms with Crippen LogP contribution in [0.2, 0.25) is 0 Å². The molecule has 0 atom stereocenters. The average Bonchev–Trinajstić information content (AvgIpc) is 3.51. The number of hydrogen-bond donors (Lipinski definition) is 3. The van der Waals surface area contributed by atoms with Gasteiger partial charge in [-0.15, -0.1) is 0 Å². The third-order valence-electron chi connectivity index (χ3n) is 4.15. The molecule has 3 rings (SSSR count). The largest absolute Gasteiger partial charge is 0.497 e. The highest BCUT2D eigenvalue weighted by Crippen LogP contribution is 2.19. The van der Waals surface area contributed by atoms with Gasteiger partial charge in [0.25, 0.3) is 5.91 Å². The lowest BCUT2D eigenvalue weighted by atomic mass is 10.1. The third-order valence-corrected chi connectivity index (χ3v) is 4.15. The number of rotatable bonds is 6. The van der Waals surface area contributed by atoms with Crippen LogP contribution in [0.5, 0.6) is 5.75 Å². The fraction of sp³-hybridized carbons (Fsp3) is 0.250. The number of anilines is 1. The van der Waals surface area contributed by atoms with E-state index in [1.807, 2.05) is 24.3 Å². The van der Waals surface area contributed by atoms with Crippen LogP contribution in [-0.4, -0.2) is 30.9 Å². The number of ether oxygens (including phenoxy) is 1. The molecule has 0 aromatic heterocycles. The molecule has 2 aromatic carbocycles. The van der Waals surface area contributed by atoms with Gasteiger partial charge in [0.15, 0.2) is 0 Å². The molecule has 7 heteroatoms. The van der Waals surface area contributed by atoms with Crippen LogP contribution in [0.15, 0.2) is 48.5 Å². The Labute approximate surface area is 157 Å². The van der Waals surface area contributed by atoms with Crippen LogP contribution in [0, 0.1) is 0 Å². The van der Waals surface area contributed by atoms with Crippen LogP contribution < -0.4 is 20.7 Å². The maximum absolute atomic E-state index is 12.5. The molecule has 1 fully saturated rings. The summed E-state index contributed by atoms with van der Waals surface area (Å²) in [5.74, 6) is -1.07. The Morgan fingerprint density at radius 3 is 2.37 bits per heavy atom. The summed E-state index contributed by atoms with van der Waals surface area (Å²) in [5, 5.41) is 7.93. The molecule has 0 unspecified atom stereocenters. The lowest BCUT2D eigenvalue weighted by Crippen LogP contribution is -2.37. The summed E-state index contributed by atoms with van der Waals surface area (Å²) in [7, 11) is 1.59. The molecular formula is C20H21N3O4. The topological polar surface area (TPSA) is 96.5 Å². The van der Waals surface area contributed by atoms with Crippen LogP contribution in [0.4, 0.5) is 5.69 Å². The van der Waals surface area contributed by atoms with Gasteiger partial charge in [0, 0.05) is 12.6 Å². The molecule has 7 nitrogen and oxygen atoms in total. The van der Waals surface area contributed by atoms with Crippen LogP contribution in [0.25, 0.3) is 0 Å². The fourth-order valence-electron chi connectivity index (χ4n) is 2.47. The van der Waals surface area contributed by atoms with Gasteiger partial charge in [-0.1, -0.05) is 24.3 Å². The van der Waals surface area contributed by atoms with Crippen LogP contribution in [0.3, 0.4) is 0 Å². The van der Waals surface area contributed by atoms with Gasteiger partial charge in [0.2, 0.25) is 0 Å². The molecule has 1 aliphatic rings. The van der Waals surface area contributed by atoms with E-state index in [-0.39, 0.29) is 11.9 Å². The second-order valence-corrected chi connectivity index (χ2v) is 6.28. The predicted octanol–water partition coefficient (Wildman–Crippen LogP) is 1.84. The molecule has 3 N–H and O–H groups in total. The minimum absolute atomic E-state index is 0.0892. The van der Waals surface area contributed by atoms with Crippen LogP contribution in [0.1, 0.15) is 28.8 Å². The minimum Gasteiger partial charge on any atom is -0.497 e. The molecule has 140 valence electrons. The van der Waals surface area contributed by atoms with E-state index in [0.717, 1.165) is 24.2 Å². The highest BCUT2D eigenvalue weighted by molar-refractivity contribution is 6.40. The maximum Gasteiger partial charge on any atom is 0.313 e. The molecule has 1 aliphatic carbocycles. The Morgan fingerprint density at radius 1 is 1.00 bits per heavy atom. The molecule has 27 heavy (non-hydrogen) atoms. The lowest BCUT2D eigenvalue weighted by Gasteiger charge is -2.11. The number of nitrogens with one attached hydrogen (secondary N) is 3. The van der Waals surface area contributed by atoms with Crippen molar-refractivity contribution in [1.82, 2.24) is 10.6 Å². The van der Waals surface area contributed by atoms with E-state index in [2.05, 4.69) is 16.0 Å². The SMILES string of the molecule is COc1ccc(CNC(=O)c2ccccc2NC(=O)C(=O)NC2CC2)cc1. The zero-order chi connectivity index (χ0) is 19.2. The number of benzene rings is 2. The summed E-state index contributed by atoms with van der Waals surface area (Å²) in [6.07, 6.45) is 1.78. The first-order valence-electron chi connectivity index (χ1n) is 8.69. The van der Waals surface area contributed by atoms with Crippen molar-refractivity contribution in [2.75, 3.05) is 12.4 Å². The summed E-state index contributed by atoms with van der Waals surface area (Å²) in [6.45, 7) is 0.327.